The van der Waals surface area contributed by atoms with Crippen molar-refractivity contribution >= 4 is 93.1 Å². The van der Waals surface area contributed by atoms with E-state index in [-0.39, 0.29) is 45.4 Å². The molecule has 1 aromatic heterocycles. The molecule has 1 saturated heterocycles. The molecule has 196 valence electrons. The predicted octanol–water partition coefficient (Wildman–Crippen LogP) is 2.76. The zero-order chi connectivity index (χ0) is 26.5. The van der Waals surface area contributed by atoms with Crippen LogP contribution in [0.1, 0.15) is 26.0 Å². The molecular formula is C19H24N6O6S5. The van der Waals surface area contributed by atoms with Gasteiger partial charge in [0.1, 0.15) is 19.0 Å². The van der Waals surface area contributed by atoms with E-state index in [2.05, 4.69) is 20.3 Å². The number of nitrogen functional groups attached to an aromatic ring is 1. The number of carbonyl (C=O) groups is 4. The minimum atomic E-state index is -1.52. The Morgan fingerprint density at radius 3 is 2.64 bits per heavy atom. The van der Waals surface area contributed by atoms with Crippen molar-refractivity contribution in [1.82, 2.24) is 18.9 Å². The predicted molar refractivity (Wildman–Crippen MR) is 145 cm³/mol. The van der Waals surface area contributed by atoms with Crippen LogP contribution in [-0.4, -0.2) is 77.7 Å². The third kappa shape index (κ3) is 5.90. The minimum Gasteiger partial charge on any atom is -0.477 e. The Kier molecular flexibility index (Phi) is 9.85. The Labute approximate surface area is 228 Å². The Morgan fingerprint density at radius 1 is 1.42 bits per heavy atom. The Balaban J connectivity index is 2.12. The highest BCUT2D eigenvalue weighted by atomic mass is 32.2. The lowest BCUT2D eigenvalue weighted by Gasteiger charge is -2.51. The molecule has 0 aliphatic carbocycles. The molecule has 4 N–H and O–H groups in total. The summed E-state index contributed by atoms with van der Waals surface area (Å²) in [4.78, 5) is 59.4. The van der Waals surface area contributed by atoms with Crippen molar-refractivity contribution < 1.29 is 29.1 Å². The van der Waals surface area contributed by atoms with Crippen LogP contribution in [0.5, 0.6) is 0 Å². The second-order valence-corrected chi connectivity index (χ2v) is 12.8. The number of amides is 3. The molecule has 1 fully saturated rings. The van der Waals surface area contributed by atoms with E-state index in [0.717, 1.165) is 41.1 Å². The molecular weight excluding hydrogens is 569 g/mol. The summed E-state index contributed by atoms with van der Waals surface area (Å²) in [5, 5.41) is 17.4. The van der Waals surface area contributed by atoms with E-state index >= 15 is 0 Å². The van der Waals surface area contributed by atoms with Crippen LogP contribution in [0.15, 0.2) is 21.8 Å². The smallest absolute Gasteiger partial charge is 0.352 e. The Morgan fingerprint density at radius 2 is 2.11 bits per heavy atom. The van der Waals surface area contributed by atoms with Gasteiger partial charge in [0, 0.05) is 28.2 Å². The fourth-order valence-corrected chi connectivity index (χ4v) is 8.85. The van der Waals surface area contributed by atoms with Crippen LogP contribution in [0.25, 0.3) is 0 Å². The number of carbonyl (C=O) groups excluding carboxylic acids is 3. The van der Waals surface area contributed by atoms with E-state index in [1.54, 1.807) is 5.38 Å². The van der Waals surface area contributed by atoms with Gasteiger partial charge in [0.2, 0.25) is 5.91 Å². The summed E-state index contributed by atoms with van der Waals surface area (Å²) in [7, 11) is 1.28. The highest BCUT2D eigenvalue weighted by molar-refractivity contribution is 8.20. The number of nitrogens with one attached hydrogen (secondary N) is 1. The van der Waals surface area contributed by atoms with Crippen molar-refractivity contribution in [3.05, 3.63) is 22.3 Å². The number of nitrogens with two attached hydrogens (primary N) is 1. The maximum Gasteiger partial charge on any atom is 0.352 e. The number of hydrogen-bond acceptors (Lipinski definition) is 13. The average Bonchev–Trinajstić information content (AvgIpc) is 3.27. The summed E-state index contributed by atoms with van der Waals surface area (Å²) in [6.45, 7) is 3.83. The first-order valence-electron chi connectivity index (χ1n) is 10.5. The topological polar surface area (TPSA) is 168 Å². The molecule has 2 aliphatic rings. The number of carboxylic acid groups (broad SMARTS) is 1. The van der Waals surface area contributed by atoms with Crippen LogP contribution in [0, 0.1) is 0 Å². The molecule has 3 heterocycles. The van der Waals surface area contributed by atoms with Gasteiger partial charge in [-0.3, -0.25) is 19.3 Å². The number of aliphatic carboxylic acids is 1. The van der Waals surface area contributed by atoms with Gasteiger partial charge in [-0.15, -0.1) is 11.3 Å². The van der Waals surface area contributed by atoms with Crippen LogP contribution in [0.2, 0.25) is 0 Å². The van der Waals surface area contributed by atoms with Gasteiger partial charge in [-0.25, -0.2) is 13.5 Å². The first kappa shape index (κ1) is 28.5. The van der Waals surface area contributed by atoms with Crippen LogP contribution in [-0.2, 0) is 24.1 Å². The highest BCUT2D eigenvalue weighted by Gasteiger charge is 2.57. The number of fused-ring (bicyclic) bond motifs is 1. The van der Waals surface area contributed by atoms with Gasteiger partial charge >= 0.3 is 11.2 Å². The summed E-state index contributed by atoms with van der Waals surface area (Å²) >= 11 is 5.82. The number of thiazole rings is 1. The van der Waals surface area contributed by atoms with Gasteiger partial charge in [-0.05, 0) is 23.9 Å². The zero-order valence-electron chi connectivity index (χ0n) is 19.5. The van der Waals surface area contributed by atoms with Gasteiger partial charge in [-0.1, -0.05) is 42.5 Å². The molecule has 0 aromatic carbocycles. The van der Waals surface area contributed by atoms with Gasteiger partial charge in [0.15, 0.2) is 10.0 Å². The molecule has 17 heteroatoms. The third-order valence-electron chi connectivity index (χ3n) is 4.81. The van der Waals surface area contributed by atoms with E-state index in [1.165, 1.54) is 39.6 Å². The molecule has 0 bridgehead atoms. The van der Waals surface area contributed by atoms with Crippen LogP contribution >= 0.6 is 58.8 Å². The Hall–Kier alpha value is -2.08. The van der Waals surface area contributed by atoms with E-state index in [1.807, 2.05) is 13.8 Å². The molecule has 36 heavy (non-hydrogen) atoms. The maximum atomic E-state index is 13.0. The zero-order valence-corrected chi connectivity index (χ0v) is 23.5. The number of oxime groups is 1. The fourth-order valence-electron chi connectivity index (χ4n) is 3.44. The SMILES string of the molecule is CCSN(SCC)C(=O)SCC1=C(C(=O)O)N2C(=O)C[C@@H]2SC1(NC(=O)C=NOC)c1csc(N)n1. The molecule has 2 atom stereocenters. The molecule has 0 saturated carbocycles. The van der Waals surface area contributed by atoms with E-state index in [9.17, 15) is 24.3 Å². The summed E-state index contributed by atoms with van der Waals surface area (Å²) in [6, 6.07) is 0. The lowest BCUT2D eigenvalue weighted by molar-refractivity contribution is -0.146. The van der Waals surface area contributed by atoms with Gasteiger partial charge < -0.3 is 21.0 Å². The maximum absolute atomic E-state index is 13.0. The molecule has 2 aliphatic heterocycles. The van der Waals surface area contributed by atoms with Crippen molar-refractivity contribution in [2.45, 2.75) is 30.5 Å². The number of nitrogens with zero attached hydrogens (tertiary/aromatic N) is 4. The molecule has 0 spiro atoms. The summed E-state index contributed by atoms with van der Waals surface area (Å²) in [5.41, 5.74) is 6.03. The van der Waals surface area contributed by atoms with Crippen LogP contribution in [0.4, 0.5) is 9.93 Å². The second kappa shape index (κ2) is 12.4. The molecule has 12 nitrogen and oxygen atoms in total. The summed E-state index contributed by atoms with van der Waals surface area (Å²) in [6.07, 6.45) is 0.989. The van der Waals surface area contributed by atoms with Crippen molar-refractivity contribution in [3.8, 4) is 0 Å². The van der Waals surface area contributed by atoms with Gasteiger partial charge in [-0.2, -0.15) is 0 Å². The number of thioether (sulfide) groups is 2. The number of hydrogen-bond donors (Lipinski definition) is 3. The van der Waals surface area contributed by atoms with Crippen molar-refractivity contribution in [3.63, 3.8) is 0 Å². The van der Waals surface area contributed by atoms with E-state index < -0.39 is 22.1 Å². The normalized spacial score (nSPS) is 21.2. The first-order valence-corrected chi connectivity index (χ1v) is 15.1. The van der Waals surface area contributed by atoms with E-state index in [4.69, 9.17) is 5.73 Å². The molecule has 3 amide bonds. The molecule has 0 radical (unpaired) electrons. The lowest BCUT2D eigenvalue weighted by Crippen LogP contribution is -2.61. The van der Waals surface area contributed by atoms with Crippen molar-refractivity contribution in [2.75, 3.05) is 30.1 Å². The van der Waals surface area contributed by atoms with Gasteiger partial charge in [0.25, 0.3) is 5.91 Å². The standard InChI is InChI=1S/C19H24N6O6S5/c1-4-34-25(35-5-2)18(30)33-8-10-15(16(28)29)24-13(27)6-14(24)36-19(10,11-9-32-17(20)22-11)23-12(26)7-21-31-3/h7,9,14H,4-6,8H2,1-3H3,(H2,20,22)(H,23,26)(H,28,29)/t14-,19?/m0/s1. The molecule has 1 unspecified atom stereocenters. The number of aromatic nitrogens is 1. The number of carboxylic acids is 1. The van der Waals surface area contributed by atoms with Crippen molar-refractivity contribution in [1.29, 1.82) is 0 Å². The number of anilines is 1. The van der Waals surface area contributed by atoms with Gasteiger partial charge in [0.05, 0.1) is 17.5 Å². The fraction of sp³-hybridized carbons (Fsp3) is 0.474. The highest BCUT2D eigenvalue weighted by Crippen LogP contribution is 2.54. The number of β-lactam (4-membered cyclic amide) rings is 1. The van der Waals surface area contributed by atoms with Crippen molar-refractivity contribution in [2.24, 2.45) is 5.16 Å². The summed E-state index contributed by atoms with van der Waals surface area (Å²) < 4.78 is 1.53. The third-order valence-corrected chi connectivity index (χ3v) is 10.1. The molecule has 1 aromatic rings. The average molecular weight is 593 g/mol. The first-order chi connectivity index (χ1) is 17.2. The van der Waals surface area contributed by atoms with Crippen LogP contribution < -0.4 is 11.1 Å². The second-order valence-electron chi connectivity index (χ2n) is 6.98. The van der Waals surface area contributed by atoms with Crippen LogP contribution in [0.3, 0.4) is 0 Å². The lowest BCUT2D eigenvalue weighted by atomic mass is 9.98. The minimum absolute atomic E-state index is 0.0816. The summed E-state index contributed by atoms with van der Waals surface area (Å²) in [5.74, 6) is -1.20. The largest absolute Gasteiger partial charge is 0.477 e. The Bertz CT molecular complexity index is 1090. The quantitative estimate of drug-likeness (QED) is 0.149. The number of rotatable bonds is 11. The molecule has 3 rings (SSSR count). The van der Waals surface area contributed by atoms with E-state index in [0.29, 0.717) is 11.5 Å². The monoisotopic (exact) mass is 592 g/mol.